The van der Waals surface area contributed by atoms with Gasteiger partial charge < -0.3 is 20.3 Å². The predicted molar refractivity (Wildman–Crippen MR) is 278 cm³/mol. The van der Waals surface area contributed by atoms with E-state index in [0.717, 1.165) is 51.4 Å². The first-order valence-corrected chi connectivity index (χ1v) is 29.3. The fourth-order valence-electron chi connectivity index (χ4n) is 9.41. The van der Waals surface area contributed by atoms with Crippen molar-refractivity contribution in [3.8, 4) is 0 Å². The van der Waals surface area contributed by atoms with Gasteiger partial charge in [0.2, 0.25) is 5.91 Å². The van der Waals surface area contributed by atoms with Crippen LogP contribution in [-0.2, 0) is 14.3 Å². The molecule has 0 radical (unpaired) electrons. The lowest BCUT2D eigenvalue weighted by atomic mass is 10.0. The highest BCUT2D eigenvalue weighted by Crippen LogP contribution is 2.18. The number of hydrogen-bond acceptors (Lipinski definition) is 5. The first-order chi connectivity index (χ1) is 31.5. The molecular weight excluding hydrogens is 791 g/mol. The van der Waals surface area contributed by atoms with E-state index in [0.29, 0.717) is 25.9 Å². The Labute approximate surface area is 400 Å². The van der Waals surface area contributed by atoms with E-state index in [4.69, 9.17) is 4.74 Å². The van der Waals surface area contributed by atoms with Crippen molar-refractivity contribution in [3.63, 3.8) is 0 Å². The molecule has 0 spiro atoms. The van der Waals surface area contributed by atoms with Gasteiger partial charge in [-0.1, -0.05) is 296 Å². The largest absolute Gasteiger partial charge is 0.466 e. The van der Waals surface area contributed by atoms with Crippen LogP contribution < -0.4 is 5.32 Å². The second kappa shape index (κ2) is 54.5. The molecule has 382 valence electrons. The lowest BCUT2D eigenvalue weighted by Gasteiger charge is -2.22. The summed E-state index contributed by atoms with van der Waals surface area (Å²) in [6.07, 6.45) is 62.3. The monoisotopic (exact) mass is 906 g/mol. The molecule has 0 aliphatic carbocycles. The number of nitrogens with one attached hydrogen (secondary N) is 1. The van der Waals surface area contributed by atoms with Crippen molar-refractivity contribution in [1.82, 2.24) is 5.32 Å². The summed E-state index contributed by atoms with van der Waals surface area (Å²) >= 11 is 0. The van der Waals surface area contributed by atoms with Gasteiger partial charge in [-0.2, -0.15) is 0 Å². The Morgan fingerprint density at radius 2 is 0.641 bits per heavy atom. The summed E-state index contributed by atoms with van der Waals surface area (Å²) in [6.45, 7) is 4.96. The third-order valence-electron chi connectivity index (χ3n) is 13.9. The van der Waals surface area contributed by atoms with E-state index in [2.05, 4.69) is 19.2 Å². The maximum absolute atomic E-state index is 12.5. The van der Waals surface area contributed by atoms with Crippen molar-refractivity contribution in [2.75, 3.05) is 13.2 Å². The van der Waals surface area contributed by atoms with Crippen LogP contribution in [0.1, 0.15) is 335 Å². The number of carbonyl (C=O) groups excluding carboxylic acids is 2. The summed E-state index contributed by atoms with van der Waals surface area (Å²) < 4.78 is 5.47. The normalized spacial score (nSPS) is 12.5. The van der Waals surface area contributed by atoms with Crippen LogP contribution in [0.25, 0.3) is 0 Å². The molecule has 0 aromatic carbocycles. The number of aliphatic hydroxyl groups excluding tert-OH is 2. The van der Waals surface area contributed by atoms with Gasteiger partial charge in [-0.25, -0.2) is 0 Å². The van der Waals surface area contributed by atoms with Gasteiger partial charge in [-0.05, 0) is 25.7 Å². The van der Waals surface area contributed by atoms with Gasteiger partial charge in [0.25, 0.3) is 0 Å². The van der Waals surface area contributed by atoms with Crippen LogP contribution in [0.3, 0.4) is 0 Å². The molecule has 3 N–H and O–H groups in total. The van der Waals surface area contributed by atoms with Crippen molar-refractivity contribution in [2.45, 2.75) is 347 Å². The maximum atomic E-state index is 12.5. The van der Waals surface area contributed by atoms with Gasteiger partial charge >= 0.3 is 5.97 Å². The van der Waals surface area contributed by atoms with E-state index in [1.807, 2.05) is 0 Å². The minimum atomic E-state index is -0.672. The highest BCUT2D eigenvalue weighted by Gasteiger charge is 2.20. The Hall–Kier alpha value is -1.14. The van der Waals surface area contributed by atoms with Crippen LogP contribution >= 0.6 is 0 Å². The van der Waals surface area contributed by atoms with E-state index in [-0.39, 0.29) is 18.5 Å². The average molecular weight is 907 g/mol. The minimum Gasteiger partial charge on any atom is -0.466 e. The number of aliphatic hydroxyl groups is 2. The number of unbranched alkanes of at least 4 members (excludes halogenated alkanes) is 44. The second-order valence-electron chi connectivity index (χ2n) is 20.3. The zero-order chi connectivity index (χ0) is 46.5. The van der Waals surface area contributed by atoms with Crippen molar-refractivity contribution >= 4 is 11.9 Å². The third kappa shape index (κ3) is 50.3. The van der Waals surface area contributed by atoms with Gasteiger partial charge in [-0.3, -0.25) is 9.59 Å². The van der Waals surface area contributed by atoms with E-state index in [1.54, 1.807) is 0 Å². The Balaban J connectivity index is 3.43. The first-order valence-electron chi connectivity index (χ1n) is 29.3. The van der Waals surface area contributed by atoms with Crippen LogP contribution in [0.5, 0.6) is 0 Å². The van der Waals surface area contributed by atoms with Gasteiger partial charge in [0.1, 0.15) is 0 Å². The number of hydrogen-bond donors (Lipinski definition) is 3. The lowest BCUT2D eigenvalue weighted by molar-refractivity contribution is -0.143. The fraction of sp³-hybridized carbons (Fsp3) is 0.966. The van der Waals surface area contributed by atoms with E-state index in [9.17, 15) is 19.8 Å². The molecular formula is C58H115NO5. The molecule has 6 nitrogen and oxygen atoms in total. The van der Waals surface area contributed by atoms with E-state index < -0.39 is 12.1 Å². The highest BCUT2D eigenvalue weighted by atomic mass is 16.5. The van der Waals surface area contributed by atoms with E-state index >= 15 is 0 Å². The summed E-state index contributed by atoms with van der Waals surface area (Å²) in [4.78, 5) is 24.5. The molecule has 0 heterocycles. The van der Waals surface area contributed by atoms with Crippen LogP contribution in [-0.4, -0.2) is 47.4 Å². The molecule has 0 aliphatic heterocycles. The van der Waals surface area contributed by atoms with Gasteiger partial charge in [0, 0.05) is 12.8 Å². The summed E-state index contributed by atoms with van der Waals surface area (Å²) in [7, 11) is 0. The zero-order valence-electron chi connectivity index (χ0n) is 43.5. The van der Waals surface area contributed by atoms with Gasteiger partial charge in [-0.15, -0.1) is 0 Å². The quantitative estimate of drug-likeness (QED) is 0.0417. The number of esters is 1. The number of rotatable bonds is 55. The van der Waals surface area contributed by atoms with Gasteiger partial charge in [0.05, 0.1) is 25.4 Å². The van der Waals surface area contributed by atoms with Crippen LogP contribution in [0, 0.1) is 0 Å². The fourth-order valence-corrected chi connectivity index (χ4v) is 9.41. The molecule has 0 saturated carbocycles. The Morgan fingerprint density at radius 3 is 0.953 bits per heavy atom. The maximum Gasteiger partial charge on any atom is 0.305 e. The topological polar surface area (TPSA) is 95.9 Å². The molecule has 2 atom stereocenters. The van der Waals surface area contributed by atoms with Crippen molar-refractivity contribution in [3.05, 3.63) is 0 Å². The Bertz CT molecular complexity index is 913. The summed E-state index contributed by atoms with van der Waals surface area (Å²) in [5.41, 5.74) is 0. The molecule has 64 heavy (non-hydrogen) atoms. The molecule has 1 amide bonds. The summed E-state index contributed by atoms with van der Waals surface area (Å²) in [5, 5.41) is 23.3. The van der Waals surface area contributed by atoms with Crippen LogP contribution in [0.2, 0.25) is 0 Å². The molecule has 6 heteroatoms. The Kier molecular flexibility index (Phi) is 53.5. The zero-order valence-corrected chi connectivity index (χ0v) is 43.5. The molecule has 0 bridgehead atoms. The molecule has 0 fully saturated rings. The number of carbonyl (C=O) groups is 2. The lowest BCUT2D eigenvalue weighted by Crippen LogP contribution is -2.45. The number of amides is 1. The minimum absolute atomic E-state index is 0.00183. The molecule has 2 unspecified atom stereocenters. The Morgan fingerprint density at radius 1 is 0.375 bits per heavy atom. The standard InChI is InChI=1S/C58H115NO5/c1-3-5-7-9-11-13-15-17-19-20-21-22-23-24-26-30-34-38-42-46-50-56(61)55(54-60)59-57(62)51-47-43-39-35-31-27-25-29-33-37-41-45-49-53-64-58(63)52-48-44-40-36-32-28-18-16-14-12-10-8-6-4-2/h55-56,60-61H,3-54H2,1-2H3,(H,59,62). The highest BCUT2D eigenvalue weighted by molar-refractivity contribution is 5.76. The summed E-state index contributed by atoms with van der Waals surface area (Å²) in [5.74, 6) is -0.0453. The second-order valence-corrected chi connectivity index (χ2v) is 20.3. The van der Waals surface area contributed by atoms with Crippen molar-refractivity contribution in [2.24, 2.45) is 0 Å². The summed E-state index contributed by atoms with van der Waals surface area (Å²) in [6, 6.07) is -0.550. The molecule has 0 aromatic rings. The average Bonchev–Trinajstić information content (AvgIpc) is 3.29. The molecule has 0 aliphatic rings. The van der Waals surface area contributed by atoms with Crippen molar-refractivity contribution in [1.29, 1.82) is 0 Å². The van der Waals surface area contributed by atoms with Crippen LogP contribution in [0.15, 0.2) is 0 Å². The third-order valence-corrected chi connectivity index (χ3v) is 13.9. The van der Waals surface area contributed by atoms with E-state index in [1.165, 1.54) is 250 Å². The SMILES string of the molecule is CCCCCCCCCCCCCCCCCCCCCCC(O)C(CO)NC(=O)CCCCCCCCCCCCCCCOC(=O)CCCCCCCCCCCCCCCC. The van der Waals surface area contributed by atoms with Crippen LogP contribution in [0.4, 0.5) is 0 Å². The number of ether oxygens (including phenoxy) is 1. The van der Waals surface area contributed by atoms with Gasteiger partial charge in [0.15, 0.2) is 0 Å². The smallest absolute Gasteiger partial charge is 0.305 e. The first kappa shape index (κ1) is 62.9. The molecule has 0 aromatic heterocycles. The predicted octanol–water partition coefficient (Wildman–Crippen LogP) is 17.9. The molecule has 0 rings (SSSR count). The van der Waals surface area contributed by atoms with Crippen molar-refractivity contribution < 1.29 is 24.5 Å². The molecule has 0 saturated heterocycles.